The van der Waals surface area contributed by atoms with Crippen molar-refractivity contribution in [2.75, 3.05) is 27.4 Å². The number of carbonyl (C=O) groups is 1. The summed E-state index contributed by atoms with van der Waals surface area (Å²) in [5.41, 5.74) is 6.66. The second kappa shape index (κ2) is 12.0. The van der Waals surface area contributed by atoms with E-state index in [4.69, 9.17) is 14.5 Å². The zero-order chi connectivity index (χ0) is 25.5. The van der Waals surface area contributed by atoms with Gasteiger partial charge >= 0.3 is 0 Å². The molecule has 1 aromatic carbocycles. The van der Waals surface area contributed by atoms with Crippen molar-refractivity contribution in [3.8, 4) is 27.7 Å². The molecule has 0 saturated heterocycles. The summed E-state index contributed by atoms with van der Waals surface area (Å²) in [6, 6.07) is 14.1. The van der Waals surface area contributed by atoms with Gasteiger partial charge in [0, 0.05) is 48.7 Å². The number of aryl methyl sites for hydroxylation is 2. The number of amides is 1. The van der Waals surface area contributed by atoms with E-state index in [0.717, 1.165) is 58.5 Å². The van der Waals surface area contributed by atoms with Crippen molar-refractivity contribution in [2.45, 2.75) is 33.2 Å². The summed E-state index contributed by atoms with van der Waals surface area (Å²) in [6.07, 6.45) is 3.53. The third-order valence-electron chi connectivity index (χ3n) is 6.18. The van der Waals surface area contributed by atoms with Crippen LogP contribution in [0.4, 0.5) is 0 Å². The van der Waals surface area contributed by atoms with Crippen molar-refractivity contribution in [1.82, 2.24) is 19.9 Å². The van der Waals surface area contributed by atoms with Crippen LogP contribution in [0, 0.1) is 6.92 Å². The molecule has 8 heteroatoms. The van der Waals surface area contributed by atoms with Gasteiger partial charge in [-0.2, -0.15) is 0 Å². The van der Waals surface area contributed by atoms with Gasteiger partial charge in [-0.1, -0.05) is 19.1 Å². The van der Waals surface area contributed by atoms with Crippen LogP contribution in [0.2, 0.25) is 0 Å². The highest BCUT2D eigenvalue weighted by molar-refractivity contribution is 7.13. The topological polar surface area (TPSA) is 78.3 Å². The minimum Gasteiger partial charge on any atom is -0.497 e. The molecule has 36 heavy (non-hydrogen) atoms. The quantitative estimate of drug-likeness (QED) is 0.285. The molecular formula is C28H32N4O3S. The molecule has 0 aliphatic rings. The summed E-state index contributed by atoms with van der Waals surface area (Å²) in [5, 5.41) is 5.95. The molecule has 0 aliphatic carbocycles. The summed E-state index contributed by atoms with van der Waals surface area (Å²) in [4.78, 5) is 22.3. The molecule has 0 fully saturated rings. The Morgan fingerprint density at radius 2 is 1.94 bits per heavy atom. The summed E-state index contributed by atoms with van der Waals surface area (Å²) in [5.74, 6) is 0.732. The van der Waals surface area contributed by atoms with Crippen LogP contribution < -0.4 is 10.1 Å². The van der Waals surface area contributed by atoms with Gasteiger partial charge in [0.15, 0.2) is 0 Å². The molecule has 4 rings (SSSR count). The minimum absolute atomic E-state index is 0.105. The van der Waals surface area contributed by atoms with Crippen LogP contribution in [0.1, 0.15) is 34.2 Å². The van der Waals surface area contributed by atoms with E-state index in [0.29, 0.717) is 18.7 Å². The molecule has 0 unspecified atom stereocenters. The zero-order valence-electron chi connectivity index (χ0n) is 21.2. The fourth-order valence-electron chi connectivity index (χ4n) is 4.10. The van der Waals surface area contributed by atoms with Gasteiger partial charge in [0.1, 0.15) is 10.8 Å². The second-order valence-corrected chi connectivity index (χ2v) is 9.31. The van der Waals surface area contributed by atoms with E-state index in [2.05, 4.69) is 45.4 Å². The van der Waals surface area contributed by atoms with E-state index in [1.54, 1.807) is 25.6 Å². The summed E-state index contributed by atoms with van der Waals surface area (Å²) in [6.45, 7) is 5.74. The number of nitrogens with one attached hydrogen (secondary N) is 1. The number of nitrogens with zero attached hydrogens (tertiary/aromatic N) is 3. The van der Waals surface area contributed by atoms with E-state index in [-0.39, 0.29) is 5.91 Å². The first-order chi connectivity index (χ1) is 17.5. The van der Waals surface area contributed by atoms with Gasteiger partial charge in [-0.05, 0) is 55.7 Å². The molecule has 3 aromatic heterocycles. The third-order valence-corrected chi connectivity index (χ3v) is 7.07. The Labute approximate surface area is 216 Å². The Kier molecular flexibility index (Phi) is 8.51. The highest BCUT2D eigenvalue weighted by atomic mass is 32.1. The maximum atomic E-state index is 13.0. The van der Waals surface area contributed by atoms with Crippen molar-refractivity contribution in [3.63, 3.8) is 0 Å². The lowest BCUT2D eigenvalue weighted by molar-refractivity contribution is 0.0936. The van der Waals surface area contributed by atoms with Gasteiger partial charge in [0.2, 0.25) is 0 Å². The van der Waals surface area contributed by atoms with Gasteiger partial charge in [-0.25, -0.2) is 4.98 Å². The molecule has 0 bridgehead atoms. The number of hydrogen-bond acceptors (Lipinski definition) is 6. The van der Waals surface area contributed by atoms with Gasteiger partial charge < -0.3 is 19.4 Å². The third kappa shape index (κ3) is 5.83. The number of aromatic nitrogens is 3. The smallest absolute Gasteiger partial charge is 0.253 e. The average Bonchev–Trinajstić information content (AvgIpc) is 3.53. The molecule has 0 saturated carbocycles. The molecule has 0 atom stereocenters. The van der Waals surface area contributed by atoms with Crippen LogP contribution in [0.5, 0.6) is 5.75 Å². The standard InChI is InChI=1S/C28H32N4O3S/c1-5-22-16-21(10-12-29-22)28-31-25(18-36-28)26-17-24(27(33)30-13-15-34-3)19(2)32(26)14-11-20-6-8-23(35-4)9-7-20/h6-10,12,16-18H,5,11,13-15H2,1-4H3,(H,30,33). The normalized spacial score (nSPS) is 11.0. The number of pyridine rings is 1. The number of thiazole rings is 1. The van der Waals surface area contributed by atoms with E-state index < -0.39 is 0 Å². The van der Waals surface area contributed by atoms with Crippen molar-refractivity contribution >= 4 is 17.2 Å². The molecule has 3 heterocycles. The van der Waals surface area contributed by atoms with Crippen LogP contribution in [0.3, 0.4) is 0 Å². The highest BCUT2D eigenvalue weighted by Gasteiger charge is 2.20. The van der Waals surface area contributed by atoms with Gasteiger partial charge in [0.05, 0.1) is 30.7 Å². The molecule has 1 amide bonds. The number of benzene rings is 1. The molecule has 4 aromatic rings. The van der Waals surface area contributed by atoms with Crippen molar-refractivity contribution in [1.29, 1.82) is 0 Å². The van der Waals surface area contributed by atoms with Crippen LogP contribution in [-0.4, -0.2) is 47.8 Å². The van der Waals surface area contributed by atoms with E-state index in [9.17, 15) is 4.79 Å². The Hall–Kier alpha value is -3.49. The first kappa shape index (κ1) is 25.6. The van der Waals surface area contributed by atoms with Crippen LogP contribution in [-0.2, 0) is 24.1 Å². The predicted octanol–water partition coefficient (Wildman–Crippen LogP) is 5.17. The Morgan fingerprint density at radius 1 is 1.14 bits per heavy atom. The molecular weight excluding hydrogens is 472 g/mol. The van der Waals surface area contributed by atoms with E-state index >= 15 is 0 Å². The van der Waals surface area contributed by atoms with Gasteiger partial charge in [-0.3, -0.25) is 9.78 Å². The fourth-order valence-corrected chi connectivity index (χ4v) is 4.91. The molecule has 0 radical (unpaired) electrons. The van der Waals surface area contributed by atoms with Crippen molar-refractivity contribution < 1.29 is 14.3 Å². The highest BCUT2D eigenvalue weighted by Crippen LogP contribution is 2.32. The molecule has 1 N–H and O–H groups in total. The maximum absolute atomic E-state index is 13.0. The number of ether oxygens (including phenoxy) is 2. The number of rotatable bonds is 11. The monoisotopic (exact) mass is 504 g/mol. The Morgan fingerprint density at radius 3 is 2.67 bits per heavy atom. The maximum Gasteiger partial charge on any atom is 0.253 e. The minimum atomic E-state index is -0.105. The SMILES string of the molecule is CCc1cc(-c2nc(-c3cc(C(=O)NCCOC)c(C)n3CCc3ccc(OC)cc3)cs2)ccn1. The van der Waals surface area contributed by atoms with Gasteiger partial charge in [-0.15, -0.1) is 11.3 Å². The van der Waals surface area contributed by atoms with Crippen LogP contribution in [0.15, 0.2) is 54.0 Å². The Bertz CT molecular complexity index is 1310. The first-order valence-corrected chi connectivity index (χ1v) is 12.9. The lowest BCUT2D eigenvalue weighted by Gasteiger charge is -2.12. The second-order valence-electron chi connectivity index (χ2n) is 8.45. The lowest BCUT2D eigenvalue weighted by Crippen LogP contribution is -2.27. The first-order valence-electron chi connectivity index (χ1n) is 12.1. The molecule has 0 spiro atoms. The van der Waals surface area contributed by atoms with Crippen molar-refractivity contribution in [2.24, 2.45) is 0 Å². The number of hydrogen-bond donors (Lipinski definition) is 1. The largest absolute Gasteiger partial charge is 0.497 e. The van der Waals surface area contributed by atoms with E-state index in [1.807, 2.05) is 37.4 Å². The number of carbonyl (C=O) groups excluding carboxylic acids is 1. The number of methoxy groups -OCH3 is 2. The van der Waals surface area contributed by atoms with Crippen LogP contribution in [0.25, 0.3) is 22.0 Å². The summed E-state index contributed by atoms with van der Waals surface area (Å²) in [7, 11) is 3.29. The lowest BCUT2D eigenvalue weighted by atomic mass is 10.1. The summed E-state index contributed by atoms with van der Waals surface area (Å²) >= 11 is 1.60. The van der Waals surface area contributed by atoms with Crippen molar-refractivity contribution in [3.05, 3.63) is 76.6 Å². The Balaban J connectivity index is 1.66. The molecule has 0 aliphatic heterocycles. The molecule has 7 nitrogen and oxygen atoms in total. The van der Waals surface area contributed by atoms with Gasteiger partial charge in [0.25, 0.3) is 5.91 Å². The van der Waals surface area contributed by atoms with E-state index in [1.165, 1.54) is 5.56 Å². The zero-order valence-corrected chi connectivity index (χ0v) is 22.0. The average molecular weight is 505 g/mol. The predicted molar refractivity (Wildman–Crippen MR) is 144 cm³/mol. The fraction of sp³-hybridized carbons (Fsp3) is 0.321. The molecule has 188 valence electrons. The van der Waals surface area contributed by atoms with Crippen LogP contribution >= 0.6 is 11.3 Å². The summed E-state index contributed by atoms with van der Waals surface area (Å²) < 4.78 is 12.6.